The number of nitrogens with one attached hydrogen (secondary N) is 2. The molecule has 2 bridgehead atoms. The Morgan fingerprint density at radius 1 is 1.12 bits per heavy atom. The molecule has 0 aromatic heterocycles. The van der Waals surface area contributed by atoms with E-state index in [0.717, 1.165) is 44.6 Å². The van der Waals surface area contributed by atoms with Gasteiger partial charge in [0.15, 0.2) is 0 Å². The summed E-state index contributed by atoms with van der Waals surface area (Å²) in [5, 5.41) is 6.46. The maximum Gasteiger partial charge on any atom is 0.321 e. The lowest BCUT2D eigenvalue weighted by molar-refractivity contribution is 0.0748. The van der Waals surface area contributed by atoms with Crippen molar-refractivity contribution in [2.45, 2.75) is 37.8 Å². The third kappa shape index (κ3) is 2.98. The fraction of sp³-hybridized carbons (Fsp3) is 0.556. The lowest BCUT2D eigenvalue weighted by Gasteiger charge is -2.28. The van der Waals surface area contributed by atoms with Gasteiger partial charge < -0.3 is 15.5 Å². The number of amides is 3. The van der Waals surface area contributed by atoms with Crippen molar-refractivity contribution in [1.82, 2.24) is 15.5 Å². The quantitative estimate of drug-likeness (QED) is 0.866. The third-order valence-electron chi connectivity index (χ3n) is 5.30. The second-order valence-corrected chi connectivity index (χ2v) is 6.97. The fourth-order valence-corrected chi connectivity index (χ4v) is 3.99. The van der Waals surface area contributed by atoms with Crippen molar-refractivity contribution in [2.24, 2.45) is 0 Å². The molecule has 3 saturated heterocycles. The van der Waals surface area contributed by atoms with E-state index in [-0.39, 0.29) is 11.9 Å². The Morgan fingerprint density at radius 3 is 2.88 bits per heavy atom. The highest BCUT2D eigenvalue weighted by molar-refractivity contribution is 5.98. The summed E-state index contributed by atoms with van der Waals surface area (Å²) in [5.74, 6) is 0.0728. The number of hydrogen-bond acceptors (Lipinski definition) is 3. The summed E-state index contributed by atoms with van der Waals surface area (Å²) in [6.45, 7) is 3.00. The minimum atomic E-state index is -0.0814. The van der Waals surface area contributed by atoms with Crippen molar-refractivity contribution < 1.29 is 9.59 Å². The number of anilines is 1. The van der Waals surface area contributed by atoms with Crippen LogP contribution < -0.4 is 15.5 Å². The maximum atomic E-state index is 12.9. The SMILES string of the molecule is O=C(c1cccc(N2CCCNC2=O)c1)N1CCC2CCC(C1)N2. The second kappa shape index (κ2) is 6.43. The van der Waals surface area contributed by atoms with Crippen LogP contribution in [0.5, 0.6) is 0 Å². The van der Waals surface area contributed by atoms with Gasteiger partial charge in [0.25, 0.3) is 5.91 Å². The topological polar surface area (TPSA) is 64.7 Å². The predicted octanol–water partition coefficient (Wildman–Crippen LogP) is 1.57. The minimum Gasteiger partial charge on any atom is -0.338 e. The van der Waals surface area contributed by atoms with Gasteiger partial charge in [-0.3, -0.25) is 9.69 Å². The largest absolute Gasteiger partial charge is 0.338 e. The molecule has 1 aromatic carbocycles. The summed E-state index contributed by atoms with van der Waals surface area (Å²) in [6, 6.07) is 8.38. The first-order valence-corrected chi connectivity index (χ1v) is 8.91. The molecule has 2 unspecified atom stereocenters. The summed E-state index contributed by atoms with van der Waals surface area (Å²) in [5.41, 5.74) is 1.47. The van der Waals surface area contributed by atoms with Crippen LogP contribution in [0.1, 0.15) is 36.0 Å². The zero-order valence-electron chi connectivity index (χ0n) is 13.8. The number of carbonyl (C=O) groups is 2. The predicted molar refractivity (Wildman–Crippen MR) is 92.3 cm³/mol. The van der Waals surface area contributed by atoms with E-state index in [1.54, 1.807) is 4.90 Å². The number of nitrogens with zero attached hydrogens (tertiary/aromatic N) is 2. The monoisotopic (exact) mass is 328 g/mol. The molecule has 2 N–H and O–H groups in total. The average molecular weight is 328 g/mol. The smallest absolute Gasteiger partial charge is 0.321 e. The summed E-state index contributed by atoms with van der Waals surface area (Å²) >= 11 is 0. The summed E-state index contributed by atoms with van der Waals surface area (Å²) in [7, 11) is 0. The molecular formula is C18H24N4O2. The van der Waals surface area contributed by atoms with Crippen molar-refractivity contribution in [3.8, 4) is 0 Å². The Balaban J connectivity index is 1.52. The zero-order chi connectivity index (χ0) is 16.5. The molecule has 6 heteroatoms. The maximum absolute atomic E-state index is 12.9. The molecule has 2 atom stereocenters. The molecule has 3 aliphatic heterocycles. The van der Waals surface area contributed by atoms with Crippen molar-refractivity contribution in [2.75, 3.05) is 31.1 Å². The average Bonchev–Trinajstić information content (AvgIpc) is 2.94. The highest BCUT2D eigenvalue weighted by Crippen LogP contribution is 2.23. The molecule has 0 radical (unpaired) electrons. The summed E-state index contributed by atoms with van der Waals surface area (Å²) < 4.78 is 0. The molecule has 0 saturated carbocycles. The Labute approximate surface area is 142 Å². The number of benzene rings is 1. The third-order valence-corrected chi connectivity index (χ3v) is 5.30. The molecule has 0 spiro atoms. The van der Waals surface area contributed by atoms with E-state index in [2.05, 4.69) is 10.6 Å². The number of carbonyl (C=O) groups excluding carboxylic acids is 2. The van der Waals surface area contributed by atoms with Crippen LogP contribution in [0.2, 0.25) is 0 Å². The Morgan fingerprint density at radius 2 is 2.00 bits per heavy atom. The zero-order valence-corrected chi connectivity index (χ0v) is 13.8. The van der Waals surface area contributed by atoms with E-state index >= 15 is 0 Å². The van der Waals surface area contributed by atoms with Crippen LogP contribution in [0.3, 0.4) is 0 Å². The van der Waals surface area contributed by atoms with E-state index in [1.165, 1.54) is 6.42 Å². The van der Waals surface area contributed by atoms with Gasteiger partial charge >= 0.3 is 6.03 Å². The molecule has 6 nitrogen and oxygen atoms in total. The lowest BCUT2D eigenvalue weighted by Crippen LogP contribution is -2.46. The first kappa shape index (κ1) is 15.4. The van der Waals surface area contributed by atoms with Gasteiger partial charge in [-0.15, -0.1) is 0 Å². The van der Waals surface area contributed by atoms with E-state index in [9.17, 15) is 9.59 Å². The van der Waals surface area contributed by atoms with Gasteiger partial charge in [0, 0.05) is 49.5 Å². The number of likely N-dealkylation sites (tertiary alicyclic amines) is 1. The molecule has 3 amide bonds. The van der Waals surface area contributed by atoms with Crippen LogP contribution in [0, 0.1) is 0 Å². The minimum absolute atomic E-state index is 0.0728. The molecule has 0 aliphatic carbocycles. The summed E-state index contributed by atoms with van der Waals surface area (Å²) in [6.07, 6.45) is 4.33. The number of urea groups is 1. The summed E-state index contributed by atoms with van der Waals surface area (Å²) in [4.78, 5) is 28.6. The molecule has 3 aliphatic rings. The number of hydrogen-bond donors (Lipinski definition) is 2. The van der Waals surface area contributed by atoms with Gasteiger partial charge in [0.05, 0.1) is 0 Å². The standard InChI is InChI=1S/C18H24N4O2/c23-17(21-10-7-14-5-6-15(12-21)20-14)13-3-1-4-16(11-13)22-9-2-8-19-18(22)24/h1,3-4,11,14-15,20H,2,5-10,12H2,(H,19,24). The van der Waals surface area contributed by atoms with Crippen molar-refractivity contribution in [1.29, 1.82) is 0 Å². The molecule has 1 aromatic rings. The first-order valence-electron chi connectivity index (χ1n) is 8.91. The van der Waals surface area contributed by atoms with Crippen LogP contribution in [0.4, 0.5) is 10.5 Å². The van der Waals surface area contributed by atoms with Gasteiger partial charge in [-0.25, -0.2) is 4.79 Å². The Bertz CT molecular complexity index is 648. The van der Waals surface area contributed by atoms with Crippen LogP contribution in [-0.4, -0.2) is 55.1 Å². The number of fused-ring (bicyclic) bond motifs is 2. The van der Waals surface area contributed by atoms with Crippen LogP contribution in [0.25, 0.3) is 0 Å². The van der Waals surface area contributed by atoms with Crippen molar-refractivity contribution in [3.63, 3.8) is 0 Å². The van der Waals surface area contributed by atoms with E-state index in [0.29, 0.717) is 24.2 Å². The highest BCUT2D eigenvalue weighted by Gasteiger charge is 2.31. The molecule has 4 rings (SSSR count). The van der Waals surface area contributed by atoms with Gasteiger partial charge in [-0.2, -0.15) is 0 Å². The first-order chi connectivity index (χ1) is 11.7. The number of rotatable bonds is 2. The van der Waals surface area contributed by atoms with Gasteiger partial charge in [-0.05, 0) is 43.9 Å². The van der Waals surface area contributed by atoms with Crippen molar-refractivity contribution >= 4 is 17.6 Å². The van der Waals surface area contributed by atoms with Crippen LogP contribution >= 0.6 is 0 Å². The Hall–Kier alpha value is -2.08. The molecule has 3 fully saturated rings. The van der Waals surface area contributed by atoms with Gasteiger partial charge in [-0.1, -0.05) is 6.07 Å². The van der Waals surface area contributed by atoms with Gasteiger partial charge in [0.2, 0.25) is 0 Å². The molecule has 24 heavy (non-hydrogen) atoms. The molecule has 3 heterocycles. The Kier molecular flexibility index (Phi) is 4.14. The van der Waals surface area contributed by atoms with Crippen LogP contribution in [0.15, 0.2) is 24.3 Å². The van der Waals surface area contributed by atoms with Crippen molar-refractivity contribution in [3.05, 3.63) is 29.8 Å². The fourth-order valence-electron chi connectivity index (χ4n) is 3.99. The van der Waals surface area contributed by atoms with E-state index in [4.69, 9.17) is 0 Å². The highest BCUT2D eigenvalue weighted by atomic mass is 16.2. The van der Waals surface area contributed by atoms with E-state index < -0.39 is 0 Å². The lowest BCUT2D eigenvalue weighted by atomic mass is 10.1. The molecular weight excluding hydrogens is 304 g/mol. The normalized spacial score (nSPS) is 26.9. The van der Waals surface area contributed by atoms with E-state index in [1.807, 2.05) is 29.2 Å². The molecule has 128 valence electrons. The van der Waals surface area contributed by atoms with Crippen LogP contribution in [-0.2, 0) is 0 Å². The van der Waals surface area contributed by atoms with Gasteiger partial charge in [0.1, 0.15) is 0 Å². The second-order valence-electron chi connectivity index (χ2n) is 6.97.